The van der Waals surface area contributed by atoms with Gasteiger partial charge in [0.15, 0.2) is 0 Å². The van der Waals surface area contributed by atoms with Crippen molar-refractivity contribution in [2.45, 2.75) is 18.9 Å². The first-order chi connectivity index (χ1) is 13.5. The summed E-state index contributed by atoms with van der Waals surface area (Å²) in [5.74, 6) is -0.939. The van der Waals surface area contributed by atoms with E-state index >= 15 is 0 Å². The third kappa shape index (κ3) is 6.96. The molecule has 2 aromatic carbocycles. The first-order valence-corrected chi connectivity index (χ1v) is 9.25. The highest BCUT2D eigenvalue weighted by Gasteiger charge is 2.19. The van der Waals surface area contributed by atoms with Crippen LogP contribution >= 0.6 is 12.6 Å². The zero-order chi connectivity index (χ0) is 20.4. The zero-order valence-corrected chi connectivity index (χ0v) is 15.9. The number of hydrogen-bond acceptors (Lipinski definition) is 7. The van der Waals surface area contributed by atoms with Gasteiger partial charge in [0.2, 0.25) is 0 Å². The summed E-state index contributed by atoms with van der Waals surface area (Å²) in [6, 6.07) is 14.5. The molecule has 7 nitrogen and oxygen atoms in total. The van der Waals surface area contributed by atoms with Gasteiger partial charge in [-0.1, -0.05) is 30.3 Å². The molecule has 0 heterocycles. The van der Waals surface area contributed by atoms with Crippen molar-refractivity contribution < 1.29 is 29.0 Å². The fourth-order valence-electron chi connectivity index (χ4n) is 2.40. The van der Waals surface area contributed by atoms with Gasteiger partial charge in [-0.05, 0) is 42.7 Å². The summed E-state index contributed by atoms with van der Waals surface area (Å²) < 4.78 is 10.4. The molecule has 148 valence electrons. The van der Waals surface area contributed by atoms with Gasteiger partial charge < -0.3 is 14.6 Å². The maximum atomic E-state index is 12.2. The van der Waals surface area contributed by atoms with E-state index < -0.39 is 24.1 Å². The van der Waals surface area contributed by atoms with Crippen LogP contribution in [-0.2, 0) is 14.3 Å². The predicted molar refractivity (Wildman–Crippen MR) is 105 cm³/mol. The molecule has 0 saturated carbocycles. The summed E-state index contributed by atoms with van der Waals surface area (Å²) >= 11 is 3.82. The quantitative estimate of drug-likeness (QED) is 0.355. The maximum Gasteiger partial charge on any atom is 0.414 e. The Morgan fingerprint density at radius 2 is 1.71 bits per heavy atom. The second-order valence-electron chi connectivity index (χ2n) is 5.83. The summed E-state index contributed by atoms with van der Waals surface area (Å²) in [4.78, 5) is 35.4. The lowest BCUT2D eigenvalue weighted by Crippen LogP contribution is -2.32. The number of thiol groups is 1. The van der Waals surface area contributed by atoms with Crippen molar-refractivity contribution in [1.29, 1.82) is 0 Å². The highest BCUT2D eigenvalue weighted by molar-refractivity contribution is 7.81. The lowest BCUT2D eigenvalue weighted by molar-refractivity contribution is -0.140. The van der Waals surface area contributed by atoms with E-state index in [2.05, 4.69) is 17.9 Å². The minimum atomic E-state index is -0.890. The summed E-state index contributed by atoms with van der Waals surface area (Å²) in [6.07, 6.45) is -0.777. The van der Waals surface area contributed by atoms with Crippen LogP contribution in [-0.4, -0.2) is 35.4 Å². The Hall–Kier alpha value is -3.00. The van der Waals surface area contributed by atoms with Gasteiger partial charge in [-0.2, -0.15) is 12.6 Å². The Morgan fingerprint density at radius 3 is 2.36 bits per heavy atom. The van der Waals surface area contributed by atoms with Crippen molar-refractivity contribution in [1.82, 2.24) is 5.32 Å². The zero-order valence-electron chi connectivity index (χ0n) is 15.0. The number of alkyl carbamates (subject to hydrolysis) is 1. The number of phenols is 1. The molecule has 28 heavy (non-hydrogen) atoms. The Balaban J connectivity index is 1.97. The van der Waals surface area contributed by atoms with Crippen LogP contribution in [0.3, 0.4) is 0 Å². The molecule has 0 radical (unpaired) electrons. The van der Waals surface area contributed by atoms with Crippen LogP contribution < -0.4 is 5.32 Å². The van der Waals surface area contributed by atoms with E-state index in [1.54, 1.807) is 42.5 Å². The summed E-state index contributed by atoms with van der Waals surface area (Å²) in [7, 11) is 0. The standard InChI is InChI=1S/C20H21NO6S/c22-16-10-8-14(9-11-16)17(7-4-12-26-18(23)13-28)27-20(25)21-19(24)15-5-2-1-3-6-15/h1-3,5-6,8-11,17,22,28H,4,7,12-13H2,(H,21,24,25)/t17-/m1/s1. The van der Waals surface area contributed by atoms with Crippen LogP contribution in [0.2, 0.25) is 0 Å². The third-order valence-corrected chi connectivity index (χ3v) is 4.03. The van der Waals surface area contributed by atoms with Crippen molar-refractivity contribution >= 4 is 30.6 Å². The van der Waals surface area contributed by atoms with Gasteiger partial charge in [0.25, 0.3) is 5.91 Å². The number of imide groups is 1. The van der Waals surface area contributed by atoms with Crippen LogP contribution in [0, 0.1) is 0 Å². The number of esters is 1. The molecule has 8 heteroatoms. The summed E-state index contributed by atoms with van der Waals surface area (Å²) in [5.41, 5.74) is 0.972. The smallest absolute Gasteiger partial charge is 0.414 e. The molecule has 0 saturated heterocycles. The number of aromatic hydroxyl groups is 1. The van der Waals surface area contributed by atoms with E-state index in [4.69, 9.17) is 9.47 Å². The molecule has 0 bridgehead atoms. The molecule has 0 unspecified atom stereocenters. The van der Waals surface area contributed by atoms with Gasteiger partial charge >= 0.3 is 12.1 Å². The number of ether oxygens (including phenoxy) is 2. The highest BCUT2D eigenvalue weighted by Crippen LogP contribution is 2.25. The molecule has 0 aliphatic rings. The molecule has 2 amide bonds. The number of phenolic OH excluding ortho intramolecular Hbond substituents is 1. The molecule has 1 atom stereocenters. The number of hydrogen-bond donors (Lipinski definition) is 3. The normalized spacial score (nSPS) is 11.3. The SMILES string of the molecule is O=C(CS)OCCC[C@@H](OC(=O)NC(=O)c1ccccc1)c1ccc(O)cc1. The first kappa shape index (κ1) is 21.3. The minimum Gasteiger partial charge on any atom is -0.508 e. The van der Waals surface area contributed by atoms with Crippen molar-refractivity contribution in [3.8, 4) is 5.75 Å². The Labute approximate surface area is 168 Å². The summed E-state index contributed by atoms with van der Waals surface area (Å²) in [5, 5.41) is 11.6. The molecule has 0 aliphatic heterocycles. The van der Waals surface area contributed by atoms with Crippen LogP contribution in [0.1, 0.15) is 34.9 Å². The molecular formula is C20H21NO6S. The van der Waals surface area contributed by atoms with Gasteiger partial charge in [0.1, 0.15) is 11.9 Å². The monoisotopic (exact) mass is 403 g/mol. The number of amides is 2. The van der Waals surface area contributed by atoms with Crippen LogP contribution in [0.15, 0.2) is 54.6 Å². The van der Waals surface area contributed by atoms with E-state index in [0.29, 0.717) is 24.0 Å². The van der Waals surface area contributed by atoms with Gasteiger partial charge in [0.05, 0.1) is 12.4 Å². The number of rotatable bonds is 8. The second-order valence-corrected chi connectivity index (χ2v) is 6.14. The van der Waals surface area contributed by atoms with Crippen molar-refractivity contribution in [3.05, 3.63) is 65.7 Å². The van der Waals surface area contributed by atoms with Gasteiger partial charge in [-0.25, -0.2) is 4.79 Å². The minimum absolute atomic E-state index is 0.0120. The molecule has 0 aromatic heterocycles. The Bertz CT molecular complexity index is 794. The molecule has 0 fully saturated rings. The number of carbonyl (C=O) groups is 3. The van der Waals surface area contributed by atoms with Crippen LogP contribution in [0.5, 0.6) is 5.75 Å². The molecule has 2 rings (SSSR count). The fourth-order valence-corrected chi connectivity index (χ4v) is 2.49. The lowest BCUT2D eigenvalue weighted by atomic mass is 10.0. The molecule has 0 spiro atoms. The van der Waals surface area contributed by atoms with Crippen LogP contribution in [0.4, 0.5) is 4.79 Å². The van der Waals surface area contributed by atoms with E-state index in [0.717, 1.165) is 0 Å². The lowest BCUT2D eigenvalue weighted by Gasteiger charge is -2.18. The molecule has 0 aliphatic carbocycles. The number of carbonyl (C=O) groups excluding carboxylic acids is 3. The van der Waals surface area contributed by atoms with Crippen LogP contribution in [0.25, 0.3) is 0 Å². The third-order valence-electron chi connectivity index (χ3n) is 3.77. The predicted octanol–water partition coefficient (Wildman–Crippen LogP) is 3.25. The average molecular weight is 403 g/mol. The first-order valence-electron chi connectivity index (χ1n) is 8.62. The van der Waals surface area contributed by atoms with Crippen molar-refractivity contribution in [2.75, 3.05) is 12.4 Å². The maximum absolute atomic E-state index is 12.2. The van der Waals surface area contributed by atoms with Gasteiger partial charge in [-0.3, -0.25) is 14.9 Å². The number of benzene rings is 2. The number of nitrogens with one attached hydrogen (secondary N) is 1. The largest absolute Gasteiger partial charge is 0.508 e. The van der Waals surface area contributed by atoms with E-state index in [1.165, 1.54) is 12.1 Å². The fraction of sp³-hybridized carbons (Fsp3) is 0.250. The van der Waals surface area contributed by atoms with Gasteiger partial charge in [-0.15, -0.1) is 0 Å². The Morgan fingerprint density at radius 1 is 1.04 bits per heavy atom. The Kier molecular flexibility index (Phi) is 8.36. The van der Waals surface area contributed by atoms with E-state index in [9.17, 15) is 19.5 Å². The molecule has 2 N–H and O–H groups in total. The van der Waals surface area contributed by atoms with E-state index in [-0.39, 0.29) is 18.1 Å². The highest BCUT2D eigenvalue weighted by atomic mass is 32.1. The molecular weight excluding hydrogens is 382 g/mol. The van der Waals surface area contributed by atoms with E-state index in [1.807, 2.05) is 0 Å². The topological polar surface area (TPSA) is 102 Å². The summed E-state index contributed by atoms with van der Waals surface area (Å²) in [6.45, 7) is 0.155. The van der Waals surface area contributed by atoms with Crippen molar-refractivity contribution in [2.24, 2.45) is 0 Å². The molecule has 2 aromatic rings. The second kappa shape index (κ2) is 11.0. The average Bonchev–Trinajstić information content (AvgIpc) is 2.71. The van der Waals surface area contributed by atoms with Crippen molar-refractivity contribution in [3.63, 3.8) is 0 Å². The van der Waals surface area contributed by atoms with Gasteiger partial charge in [0, 0.05) is 5.56 Å².